The van der Waals surface area contributed by atoms with E-state index >= 15 is 0 Å². The van der Waals surface area contributed by atoms with E-state index in [1.807, 2.05) is 18.3 Å². The van der Waals surface area contributed by atoms with Gasteiger partial charge in [0, 0.05) is 28.1 Å². The minimum Gasteiger partial charge on any atom is -0.478 e. The maximum absolute atomic E-state index is 5.51. The summed E-state index contributed by atoms with van der Waals surface area (Å²) in [4.78, 5) is 4.17. The summed E-state index contributed by atoms with van der Waals surface area (Å²) in [7, 11) is 0. The van der Waals surface area contributed by atoms with Crippen molar-refractivity contribution in [3.63, 3.8) is 0 Å². The van der Waals surface area contributed by atoms with Gasteiger partial charge in [-0.15, -0.1) is 0 Å². The maximum atomic E-state index is 5.51. The molecule has 1 rings (SSSR count). The van der Waals surface area contributed by atoms with E-state index in [4.69, 9.17) is 4.74 Å². The highest BCUT2D eigenvalue weighted by Gasteiger charge is 1.95. The lowest BCUT2D eigenvalue weighted by Gasteiger charge is -2.05. The zero-order chi connectivity index (χ0) is 11.6. The van der Waals surface area contributed by atoms with Crippen LogP contribution >= 0.6 is 35.2 Å². The average molecular weight is 352 g/mol. The highest BCUT2D eigenvalue weighted by molar-refractivity contribution is 14.1. The molecular formula is C11H17IN2OS. The summed E-state index contributed by atoms with van der Waals surface area (Å²) in [6, 6.07) is 3.90. The maximum Gasteiger partial charge on any atom is 0.213 e. The van der Waals surface area contributed by atoms with Crippen LogP contribution in [0.2, 0.25) is 0 Å². The van der Waals surface area contributed by atoms with E-state index in [0.717, 1.165) is 41.9 Å². The topological polar surface area (TPSA) is 34.1 Å². The number of pyridine rings is 1. The molecule has 0 aliphatic heterocycles. The fraction of sp³-hybridized carbons (Fsp3) is 0.545. The average Bonchev–Trinajstić information content (AvgIpc) is 2.30. The number of thiol groups is 1. The fourth-order valence-electron chi connectivity index (χ4n) is 1.18. The van der Waals surface area contributed by atoms with E-state index in [0.29, 0.717) is 5.88 Å². The number of rotatable bonds is 8. The van der Waals surface area contributed by atoms with Gasteiger partial charge in [0.2, 0.25) is 5.88 Å². The molecule has 0 fully saturated rings. The number of nitrogens with one attached hydrogen (secondary N) is 1. The van der Waals surface area contributed by atoms with Crippen molar-refractivity contribution >= 4 is 35.2 Å². The molecule has 1 aromatic rings. The zero-order valence-corrected chi connectivity index (χ0v) is 12.2. The molecule has 5 heteroatoms. The number of halogens is 1. The van der Waals surface area contributed by atoms with Crippen molar-refractivity contribution in [1.29, 1.82) is 0 Å². The number of unbranched alkanes of at least 4 members (excludes halogenated alkanes) is 1. The number of ether oxygens (including phenoxy) is 1. The predicted octanol–water partition coefficient (Wildman–Crippen LogP) is 2.36. The number of hydrogen-bond donors (Lipinski definition) is 2. The Morgan fingerprint density at radius 3 is 2.88 bits per heavy atom. The van der Waals surface area contributed by atoms with Gasteiger partial charge in [-0.1, -0.05) is 0 Å². The number of hydrogen-bond acceptors (Lipinski definition) is 4. The third kappa shape index (κ3) is 6.55. The first-order valence-corrected chi connectivity index (χ1v) is 7.10. The summed E-state index contributed by atoms with van der Waals surface area (Å²) < 4.78 is 6.64. The molecule has 1 aromatic heterocycles. The van der Waals surface area contributed by atoms with E-state index < -0.39 is 0 Å². The SMILES string of the molecule is SCCNCCCCOc1ccc(I)cn1. The van der Waals surface area contributed by atoms with Crippen molar-refractivity contribution in [2.45, 2.75) is 12.8 Å². The third-order valence-corrected chi connectivity index (χ3v) is 2.85. The van der Waals surface area contributed by atoms with Crippen molar-refractivity contribution in [3.8, 4) is 5.88 Å². The Bertz CT molecular complexity index is 282. The van der Waals surface area contributed by atoms with Crippen LogP contribution < -0.4 is 10.1 Å². The van der Waals surface area contributed by atoms with Crippen LogP contribution in [0.15, 0.2) is 18.3 Å². The van der Waals surface area contributed by atoms with Crippen LogP contribution in [0.5, 0.6) is 5.88 Å². The second-order valence-electron chi connectivity index (χ2n) is 3.34. The van der Waals surface area contributed by atoms with Crippen LogP contribution in [-0.2, 0) is 0 Å². The van der Waals surface area contributed by atoms with Gasteiger partial charge in [0.05, 0.1) is 6.61 Å². The van der Waals surface area contributed by atoms with Crippen molar-refractivity contribution in [2.75, 3.05) is 25.4 Å². The molecule has 90 valence electrons. The van der Waals surface area contributed by atoms with Crippen LogP contribution in [0.3, 0.4) is 0 Å². The quantitative estimate of drug-likeness (QED) is 0.428. The van der Waals surface area contributed by atoms with E-state index in [9.17, 15) is 0 Å². The second-order valence-corrected chi connectivity index (χ2v) is 5.04. The molecule has 1 N–H and O–H groups in total. The van der Waals surface area contributed by atoms with Gasteiger partial charge in [-0.05, 0) is 48.0 Å². The van der Waals surface area contributed by atoms with E-state index in [1.54, 1.807) is 0 Å². The van der Waals surface area contributed by atoms with Gasteiger partial charge in [-0.2, -0.15) is 12.6 Å². The first kappa shape index (κ1) is 14.1. The first-order chi connectivity index (χ1) is 7.83. The minimum atomic E-state index is 0.712. The lowest BCUT2D eigenvalue weighted by molar-refractivity contribution is 0.294. The predicted molar refractivity (Wildman–Crippen MR) is 78.4 cm³/mol. The molecule has 0 bridgehead atoms. The first-order valence-electron chi connectivity index (χ1n) is 5.39. The lowest BCUT2D eigenvalue weighted by Crippen LogP contribution is -2.18. The second kappa shape index (κ2) is 9.07. The normalized spacial score (nSPS) is 10.4. The Labute approximate surface area is 116 Å². The van der Waals surface area contributed by atoms with Gasteiger partial charge in [0.1, 0.15) is 0 Å². The summed E-state index contributed by atoms with van der Waals surface area (Å²) in [5.41, 5.74) is 0. The number of nitrogens with zero attached hydrogens (tertiary/aromatic N) is 1. The van der Waals surface area contributed by atoms with Crippen molar-refractivity contribution < 1.29 is 4.74 Å². The standard InChI is InChI=1S/C11H17IN2OS/c12-10-3-4-11(14-9-10)15-7-2-1-5-13-6-8-16/h3-4,9,13,16H,1-2,5-8H2. The van der Waals surface area contributed by atoms with Crippen LogP contribution in [0, 0.1) is 3.57 Å². The van der Waals surface area contributed by atoms with Crippen LogP contribution in [-0.4, -0.2) is 30.4 Å². The highest BCUT2D eigenvalue weighted by Crippen LogP contribution is 2.09. The van der Waals surface area contributed by atoms with Gasteiger partial charge < -0.3 is 10.1 Å². The third-order valence-electron chi connectivity index (χ3n) is 1.99. The molecular weight excluding hydrogens is 335 g/mol. The van der Waals surface area contributed by atoms with Crippen LogP contribution in [0.25, 0.3) is 0 Å². The summed E-state index contributed by atoms with van der Waals surface area (Å²) in [5, 5.41) is 3.29. The minimum absolute atomic E-state index is 0.712. The molecule has 0 saturated heterocycles. The Morgan fingerprint density at radius 2 is 2.19 bits per heavy atom. The summed E-state index contributed by atoms with van der Waals surface area (Å²) in [6.07, 6.45) is 3.98. The Balaban J connectivity index is 2.01. The lowest BCUT2D eigenvalue weighted by atomic mass is 10.3. The smallest absolute Gasteiger partial charge is 0.213 e. The molecule has 0 aromatic carbocycles. The molecule has 0 spiro atoms. The van der Waals surface area contributed by atoms with Gasteiger partial charge in [0.15, 0.2) is 0 Å². The van der Waals surface area contributed by atoms with E-state index in [2.05, 4.69) is 45.5 Å². The van der Waals surface area contributed by atoms with E-state index in [-0.39, 0.29) is 0 Å². The molecule has 16 heavy (non-hydrogen) atoms. The summed E-state index contributed by atoms with van der Waals surface area (Å²) in [6.45, 7) is 2.74. The van der Waals surface area contributed by atoms with Crippen LogP contribution in [0.4, 0.5) is 0 Å². The van der Waals surface area contributed by atoms with Gasteiger partial charge in [-0.3, -0.25) is 0 Å². The summed E-state index contributed by atoms with van der Waals surface area (Å²) >= 11 is 6.35. The molecule has 0 unspecified atom stereocenters. The van der Waals surface area contributed by atoms with E-state index in [1.165, 1.54) is 0 Å². The van der Waals surface area contributed by atoms with Crippen molar-refractivity contribution in [1.82, 2.24) is 10.3 Å². The Hall–Kier alpha value is -0.0100. The summed E-state index contributed by atoms with van der Waals surface area (Å²) in [5.74, 6) is 1.60. The van der Waals surface area contributed by atoms with Gasteiger partial charge in [-0.25, -0.2) is 4.98 Å². The molecule has 3 nitrogen and oxygen atoms in total. The van der Waals surface area contributed by atoms with Crippen molar-refractivity contribution in [3.05, 3.63) is 21.9 Å². The Kier molecular flexibility index (Phi) is 7.96. The molecule has 0 aliphatic rings. The molecule has 0 saturated carbocycles. The fourth-order valence-corrected chi connectivity index (χ4v) is 1.66. The monoisotopic (exact) mass is 352 g/mol. The highest BCUT2D eigenvalue weighted by atomic mass is 127. The molecule has 0 radical (unpaired) electrons. The molecule has 0 atom stereocenters. The zero-order valence-electron chi connectivity index (χ0n) is 9.16. The Morgan fingerprint density at radius 1 is 1.31 bits per heavy atom. The largest absolute Gasteiger partial charge is 0.478 e. The van der Waals surface area contributed by atoms with Gasteiger partial charge >= 0.3 is 0 Å². The molecule has 0 aliphatic carbocycles. The van der Waals surface area contributed by atoms with Crippen LogP contribution in [0.1, 0.15) is 12.8 Å². The van der Waals surface area contributed by atoms with Gasteiger partial charge in [0.25, 0.3) is 0 Å². The molecule has 0 amide bonds. The van der Waals surface area contributed by atoms with Crippen molar-refractivity contribution in [2.24, 2.45) is 0 Å². The number of aromatic nitrogens is 1. The molecule has 1 heterocycles.